The molecule has 6 fully saturated rings. The molecule has 22 rings (SSSR count). The summed E-state index contributed by atoms with van der Waals surface area (Å²) in [6, 6.07) is 24.7. The number of aromatic nitrogens is 20. The van der Waals surface area contributed by atoms with E-state index in [0.717, 1.165) is 197 Å². The van der Waals surface area contributed by atoms with Gasteiger partial charge in [-0.2, -0.15) is 51.6 Å². The SMILES string of the molecule is C=c1[nH]c(=O)[nH]/c1=C\c1cnn2c(NC3CC3)cc(-c3ccc(C(=O)N(C)CCCN(C)C)s3)nc12.C=c1[nH]c(=O)[nH]/c1=C\c1cnn2c(NC3CC3)cc(-c3ccc(C(=O)N4CCC4)s3)nc12.C=c1[nH]c(=O)[nH]/c1=C\c1cnn2c(NC3CC3)cc(-c3ccc(C(=O)N4CCN(C(C)C)CC4)s3)nc12.C=c1[nH]c(=O)[nH]/c1=C\c1cnn2c(NC3CC3)cc(-c3ccc(C(=O)NCCC(F)(F)F)s3)nc12. The van der Waals surface area contributed by atoms with Gasteiger partial charge in [0.05, 0.1) is 136 Å². The Labute approximate surface area is 809 Å². The third kappa shape index (κ3) is 21.8. The van der Waals surface area contributed by atoms with Gasteiger partial charge in [0.1, 0.15) is 23.3 Å². The summed E-state index contributed by atoms with van der Waals surface area (Å²) in [5.74, 6) is 2.88. The van der Waals surface area contributed by atoms with Crippen LogP contribution in [-0.4, -0.2) is 263 Å². The van der Waals surface area contributed by atoms with Gasteiger partial charge in [-0.15, -0.1) is 45.3 Å². The van der Waals surface area contributed by atoms with Crippen molar-refractivity contribution >= 4 is 165 Å². The topological polar surface area (TPSA) is 460 Å². The van der Waals surface area contributed by atoms with E-state index in [1.165, 1.54) is 34.0 Å². The molecule has 16 aromatic rings. The number of anilines is 4. The Bertz CT molecular complexity index is 8200. The highest BCUT2D eigenvalue weighted by molar-refractivity contribution is 7.18. The number of thiophene rings is 4. The highest BCUT2D eigenvalue weighted by Gasteiger charge is 2.33. The lowest BCUT2D eigenvalue weighted by Crippen LogP contribution is -2.50. The van der Waals surface area contributed by atoms with Gasteiger partial charge in [0, 0.05) is 136 Å². The first kappa shape index (κ1) is 94.1. The first-order chi connectivity index (χ1) is 67.3. The molecule has 0 spiro atoms. The number of nitrogens with zero attached hydrogens (tertiary/aromatic N) is 17. The first-order valence-corrected chi connectivity index (χ1v) is 49.2. The Hall–Kier alpha value is -14.9. The maximum absolute atomic E-state index is 13.2. The number of fused-ring (bicyclic) bond motifs is 4. The van der Waals surface area contributed by atoms with Crippen molar-refractivity contribution in [3.63, 3.8) is 0 Å². The standard InChI is InChI=1S/C26H30N8O2S.C25H30N8O2S.C22H20F3N7O2S.C22H21N7O2S/c1-15(2)32-8-10-33(11-9-32)25(35)22-7-6-21(37-22)20-13-23(29-18-4-5-18)34-24(30-20)17(14-27-34)12-19-16(3)28-26(36)31-19;1-15-18(30-25(35)27-15)12-16-14-26-33-22(28-17-6-7-17)13-19(29-23(16)33)20-8-9-21(36-20)24(34)32(4)11-5-10-31(2)3;1-11-14(31-21(34)28-11)8-12-10-27-32-18(29-13-2-3-13)9-15(30-19(12)32)16-4-5-17(35-16)20(33)26-7-6-22(23,24)25;1-12-15(27-22(31)24-12)9-13-11-23-29-19(25-14-3-4-14)10-16(26-20(13)29)17-5-6-18(32-17)21(30)28-7-2-8-28/h6-7,12-15,18,29H,3-5,8-11H2,1-2H3,(H2,28,31,36);8-9,12-14,17,28H,1,5-7,10-11H2,2-4H3,(H2,27,30,35);4-5,8-10,13,29H,1-3,6-7H2,(H,26,33)(H2,28,31,34);5-6,9-11,14,25H,1-4,7-8H2,(H2,24,27,31)/b19-12-;18-12-;14-8-;15-9-. The fraction of sp³-hybridized carbons (Fsp3) is 0.326. The highest BCUT2D eigenvalue weighted by atomic mass is 32.1. The van der Waals surface area contributed by atoms with Gasteiger partial charge in [0.25, 0.3) is 23.6 Å². The summed E-state index contributed by atoms with van der Waals surface area (Å²) in [6.07, 6.45) is 19.3. The number of amides is 4. The van der Waals surface area contributed by atoms with Crippen LogP contribution in [0, 0.1) is 0 Å². The fourth-order valence-electron chi connectivity index (χ4n) is 15.8. The zero-order chi connectivity index (χ0) is 97.6. The fourth-order valence-corrected chi connectivity index (χ4v) is 19.5. The van der Waals surface area contributed by atoms with Crippen molar-refractivity contribution in [3.8, 4) is 42.3 Å². The number of hydrogen-bond donors (Lipinski definition) is 13. The van der Waals surface area contributed by atoms with E-state index in [1.54, 1.807) is 66.0 Å². The Balaban J connectivity index is 0.000000119. The molecule has 45 heteroatoms. The van der Waals surface area contributed by atoms with Gasteiger partial charge in [-0.3, -0.25) is 24.1 Å². The molecule has 0 unspecified atom stereocenters. The number of H-pyrrole nitrogens is 8. The zero-order valence-corrected chi connectivity index (χ0v) is 80.3. The minimum absolute atomic E-state index is 0.0141. The molecule has 4 saturated carbocycles. The number of rotatable bonds is 27. The number of halogens is 3. The van der Waals surface area contributed by atoms with Crippen molar-refractivity contribution in [3.05, 3.63) is 224 Å². The van der Waals surface area contributed by atoms with E-state index in [9.17, 15) is 51.5 Å². The predicted molar refractivity (Wildman–Crippen MR) is 537 cm³/mol. The Morgan fingerprint density at radius 3 is 1.05 bits per heavy atom. The molecule has 4 aliphatic carbocycles. The van der Waals surface area contributed by atoms with E-state index in [2.05, 4.69) is 137 Å². The van der Waals surface area contributed by atoms with Gasteiger partial charge in [0.15, 0.2) is 22.6 Å². The second-order valence-electron chi connectivity index (χ2n) is 35.8. The van der Waals surface area contributed by atoms with E-state index in [4.69, 9.17) is 19.9 Å². The third-order valence-electron chi connectivity index (χ3n) is 24.2. The van der Waals surface area contributed by atoms with Crippen LogP contribution < -0.4 is 92.1 Å². The minimum Gasteiger partial charge on any atom is -0.367 e. The number of carbonyl (C=O) groups excluding carboxylic acids is 4. The van der Waals surface area contributed by atoms with Crippen LogP contribution in [0.3, 0.4) is 0 Å². The third-order valence-corrected chi connectivity index (χ3v) is 28.6. The lowest BCUT2D eigenvalue weighted by atomic mass is 10.2. The normalized spacial score (nSPS) is 15.6. The number of nitrogens with one attached hydrogen (secondary N) is 13. The van der Waals surface area contributed by atoms with E-state index < -0.39 is 25.0 Å². The summed E-state index contributed by atoms with van der Waals surface area (Å²) in [6.45, 7) is 25.9. The van der Waals surface area contributed by atoms with Crippen LogP contribution in [0.25, 0.3) is 115 Å². The molecule has 13 N–H and O–H groups in total. The van der Waals surface area contributed by atoms with Gasteiger partial charge in [-0.25, -0.2) is 39.1 Å². The number of likely N-dealkylation sites (tertiary alicyclic amines) is 1. The van der Waals surface area contributed by atoms with Crippen molar-refractivity contribution in [2.24, 2.45) is 0 Å². The minimum atomic E-state index is -4.33. The lowest BCUT2D eigenvalue weighted by Gasteiger charge is -2.36. The van der Waals surface area contributed by atoms with Gasteiger partial charge < -0.3 is 86.1 Å². The Morgan fingerprint density at radius 2 is 0.757 bits per heavy atom. The molecule has 140 heavy (non-hydrogen) atoms. The Morgan fingerprint density at radius 1 is 0.443 bits per heavy atom. The number of piperazine rings is 1. The number of imidazole rings is 4. The Kier molecular flexibility index (Phi) is 26.5. The first-order valence-electron chi connectivity index (χ1n) is 45.9. The van der Waals surface area contributed by atoms with Crippen molar-refractivity contribution in [1.82, 2.24) is 128 Å². The van der Waals surface area contributed by atoms with Gasteiger partial charge in [-0.1, -0.05) is 26.3 Å². The van der Waals surface area contributed by atoms with Crippen LogP contribution in [0.4, 0.5) is 36.4 Å². The average Bonchev–Trinajstić information content (AvgIpc) is 1.63. The summed E-state index contributed by atoms with van der Waals surface area (Å²) in [4.78, 5) is 154. The number of hydrogen-bond acceptors (Lipinski definition) is 26. The molecule has 18 heterocycles. The second kappa shape index (κ2) is 39.5. The molecule has 4 amide bonds. The molecular weight excluding hydrogens is 1870 g/mol. The highest BCUT2D eigenvalue weighted by Crippen LogP contribution is 2.39. The summed E-state index contributed by atoms with van der Waals surface area (Å²) < 4.78 is 44.1. The zero-order valence-electron chi connectivity index (χ0n) is 77.0. The number of aromatic amines is 8. The second-order valence-corrected chi connectivity index (χ2v) is 40.1. The van der Waals surface area contributed by atoms with E-state index in [1.807, 2.05) is 110 Å². The summed E-state index contributed by atoms with van der Waals surface area (Å²) in [5.41, 5.74) is 7.02. The van der Waals surface area contributed by atoms with E-state index >= 15 is 0 Å². The van der Waals surface area contributed by atoms with Crippen molar-refractivity contribution in [2.45, 2.75) is 121 Å². The maximum Gasteiger partial charge on any atom is 0.390 e. The average molecular weight is 1980 g/mol. The summed E-state index contributed by atoms with van der Waals surface area (Å²) >= 11 is 5.50. The molecule has 2 saturated heterocycles. The largest absolute Gasteiger partial charge is 0.390 e. The smallest absolute Gasteiger partial charge is 0.367 e. The van der Waals surface area contributed by atoms with E-state index in [0.29, 0.717) is 129 Å². The van der Waals surface area contributed by atoms with Gasteiger partial charge in [-0.05, 0) is 172 Å². The van der Waals surface area contributed by atoms with Crippen LogP contribution in [0.2, 0.25) is 0 Å². The molecule has 38 nitrogen and oxygen atoms in total. The summed E-state index contributed by atoms with van der Waals surface area (Å²) in [7, 11) is 5.90. The molecule has 6 aliphatic rings. The molecule has 0 atom stereocenters. The molecule has 0 aromatic carbocycles. The van der Waals surface area contributed by atoms with E-state index in [-0.39, 0.29) is 45.4 Å². The quantitative estimate of drug-likeness (QED) is 0.0286. The van der Waals surface area contributed by atoms with Crippen molar-refractivity contribution in [1.29, 1.82) is 0 Å². The molecule has 0 bridgehead atoms. The van der Waals surface area contributed by atoms with Crippen LogP contribution in [-0.2, 0) is 0 Å². The monoisotopic (exact) mass is 1970 g/mol. The number of alkyl halides is 3. The van der Waals surface area contributed by atoms with Crippen molar-refractivity contribution in [2.75, 3.05) is 101 Å². The van der Waals surface area contributed by atoms with Crippen LogP contribution >= 0.6 is 45.3 Å². The van der Waals surface area contributed by atoms with Crippen LogP contribution in [0.1, 0.15) is 145 Å². The molecular formula is C95H101F3N30O8S4. The lowest BCUT2D eigenvalue weighted by molar-refractivity contribution is -0.133. The summed E-state index contributed by atoms with van der Waals surface area (Å²) in [5, 5.41) is 38.6. The number of carbonyl (C=O) groups is 4. The maximum atomic E-state index is 13.2. The van der Waals surface area contributed by atoms with Crippen molar-refractivity contribution < 1.29 is 32.3 Å². The van der Waals surface area contributed by atoms with Gasteiger partial charge >= 0.3 is 28.9 Å². The van der Waals surface area contributed by atoms with Crippen LogP contribution in [0.15, 0.2) is 117 Å². The predicted octanol–water partition coefficient (Wildman–Crippen LogP) is 5.87. The molecule has 724 valence electrons. The van der Waals surface area contributed by atoms with Crippen LogP contribution in [0.5, 0.6) is 0 Å². The molecule has 16 aromatic heterocycles. The molecule has 0 radical (unpaired) electrons. The van der Waals surface area contributed by atoms with Gasteiger partial charge in [0.2, 0.25) is 0 Å². The molecule has 2 aliphatic heterocycles.